The maximum absolute atomic E-state index is 11.3. The summed E-state index contributed by atoms with van der Waals surface area (Å²) in [5, 5.41) is 7.97. The molecule has 2 N–H and O–H groups in total. The van der Waals surface area contributed by atoms with Gasteiger partial charge < -0.3 is 15.4 Å². The van der Waals surface area contributed by atoms with E-state index in [0.29, 0.717) is 5.13 Å². The minimum absolute atomic E-state index is 0.117. The van der Waals surface area contributed by atoms with Gasteiger partial charge in [0.05, 0.1) is 7.11 Å². The molecule has 0 radical (unpaired) electrons. The molecule has 0 atom stereocenters. The summed E-state index contributed by atoms with van der Waals surface area (Å²) in [4.78, 5) is 26.3. The predicted octanol–water partition coefficient (Wildman–Crippen LogP) is 2.63. The topological polar surface area (TPSA) is 80.3 Å². The number of carbonyl (C=O) groups excluding carboxylic acids is 2. The summed E-state index contributed by atoms with van der Waals surface area (Å²) in [6.07, 6.45) is 0. The zero-order valence-electron chi connectivity index (χ0n) is 11.0. The average molecular weight is 291 g/mol. The molecule has 7 heteroatoms. The fourth-order valence-corrected chi connectivity index (χ4v) is 2.19. The number of esters is 1. The fourth-order valence-electron chi connectivity index (χ4n) is 1.49. The summed E-state index contributed by atoms with van der Waals surface area (Å²) in [6, 6.07) is 7.17. The Kier molecular flexibility index (Phi) is 4.31. The Hall–Kier alpha value is -2.41. The lowest BCUT2D eigenvalue weighted by Gasteiger charge is -2.05. The molecule has 2 rings (SSSR count). The largest absolute Gasteiger partial charge is 0.464 e. The lowest BCUT2D eigenvalue weighted by atomic mass is 10.3. The number of thiazole rings is 1. The van der Waals surface area contributed by atoms with Gasteiger partial charge >= 0.3 is 5.97 Å². The van der Waals surface area contributed by atoms with Crippen LogP contribution in [0.3, 0.4) is 0 Å². The SMILES string of the molecule is COC(=O)c1csc(Nc2ccc(NC(C)=O)cc2)n1. The normalized spacial score (nSPS) is 9.90. The Labute approximate surface area is 119 Å². The summed E-state index contributed by atoms with van der Waals surface area (Å²) in [5.74, 6) is -0.580. The minimum atomic E-state index is -0.463. The second-order valence-electron chi connectivity index (χ2n) is 3.91. The van der Waals surface area contributed by atoms with Gasteiger partial charge in [-0.05, 0) is 24.3 Å². The molecule has 2 aromatic rings. The first-order valence-electron chi connectivity index (χ1n) is 5.77. The van der Waals surface area contributed by atoms with Crippen LogP contribution in [0.4, 0.5) is 16.5 Å². The van der Waals surface area contributed by atoms with Crippen LogP contribution in [-0.2, 0) is 9.53 Å². The van der Waals surface area contributed by atoms with Gasteiger partial charge in [0.25, 0.3) is 0 Å². The molecule has 104 valence electrons. The summed E-state index contributed by atoms with van der Waals surface area (Å²) in [7, 11) is 1.32. The third kappa shape index (κ3) is 3.55. The number of carbonyl (C=O) groups is 2. The highest BCUT2D eigenvalue weighted by Crippen LogP contribution is 2.22. The monoisotopic (exact) mass is 291 g/mol. The first-order chi connectivity index (χ1) is 9.58. The van der Waals surface area contributed by atoms with Crippen LogP contribution in [0.5, 0.6) is 0 Å². The molecule has 0 saturated heterocycles. The van der Waals surface area contributed by atoms with E-state index >= 15 is 0 Å². The van der Waals surface area contributed by atoms with Crippen LogP contribution in [0.15, 0.2) is 29.6 Å². The zero-order valence-corrected chi connectivity index (χ0v) is 11.8. The highest BCUT2D eigenvalue weighted by atomic mass is 32.1. The lowest BCUT2D eigenvalue weighted by molar-refractivity contribution is -0.114. The van der Waals surface area contributed by atoms with Crippen LogP contribution in [0, 0.1) is 0 Å². The number of benzene rings is 1. The van der Waals surface area contributed by atoms with E-state index in [-0.39, 0.29) is 11.6 Å². The molecule has 1 heterocycles. The van der Waals surface area contributed by atoms with Crippen molar-refractivity contribution in [1.29, 1.82) is 0 Å². The first kappa shape index (κ1) is 14.0. The Morgan fingerprint density at radius 2 is 1.85 bits per heavy atom. The third-order valence-electron chi connectivity index (χ3n) is 2.36. The highest BCUT2D eigenvalue weighted by molar-refractivity contribution is 7.14. The number of rotatable bonds is 4. The fraction of sp³-hybridized carbons (Fsp3) is 0.154. The molecule has 1 aromatic heterocycles. The molecule has 20 heavy (non-hydrogen) atoms. The van der Waals surface area contributed by atoms with E-state index in [0.717, 1.165) is 11.4 Å². The van der Waals surface area contributed by atoms with Crippen LogP contribution >= 0.6 is 11.3 Å². The van der Waals surface area contributed by atoms with Crippen LogP contribution in [0.1, 0.15) is 17.4 Å². The molecule has 0 aliphatic carbocycles. The number of methoxy groups -OCH3 is 1. The maximum atomic E-state index is 11.3. The van der Waals surface area contributed by atoms with E-state index in [9.17, 15) is 9.59 Å². The minimum Gasteiger partial charge on any atom is -0.464 e. The third-order valence-corrected chi connectivity index (χ3v) is 3.11. The zero-order chi connectivity index (χ0) is 14.5. The number of hydrogen-bond donors (Lipinski definition) is 2. The Morgan fingerprint density at radius 3 is 2.45 bits per heavy atom. The van der Waals surface area contributed by atoms with Gasteiger partial charge in [-0.15, -0.1) is 11.3 Å². The molecule has 0 bridgehead atoms. The Morgan fingerprint density at radius 1 is 1.20 bits per heavy atom. The van der Waals surface area contributed by atoms with Crippen LogP contribution in [0.2, 0.25) is 0 Å². The molecular formula is C13H13N3O3S. The van der Waals surface area contributed by atoms with Gasteiger partial charge in [0, 0.05) is 23.7 Å². The standard InChI is InChI=1S/C13H13N3O3S/c1-8(17)14-9-3-5-10(6-4-9)15-13-16-11(7-20-13)12(18)19-2/h3-7H,1-2H3,(H,14,17)(H,15,16). The Balaban J connectivity index is 2.04. The van der Waals surface area contributed by atoms with Crippen LogP contribution in [0.25, 0.3) is 0 Å². The molecule has 0 saturated carbocycles. The van der Waals surface area contributed by atoms with Gasteiger partial charge in [0.15, 0.2) is 10.8 Å². The van der Waals surface area contributed by atoms with E-state index in [1.165, 1.54) is 25.4 Å². The number of nitrogens with one attached hydrogen (secondary N) is 2. The summed E-state index contributed by atoms with van der Waals surface area (Å²) in [5.41, 5.74) is 1.80. The van der Waals surface area contributed by atoms with E-state index in [2.05, 4.69) is 20.4 Å². The van der Waals surface area contributed by atoms with Crippen molar-refractivity contribution in [2.24, 2.45) is 0 Å². The van der Waals surface area contributed by atoms with Crippen molar-refractivity contribution in [3.8, 4) is 0 Å². The molecular weight excluding hydrogens is 278 g/mol. The van der Waals surface area contributed by atoms with E-state index in [4.69, 9.17) is 0 Å². The van der Waals surface area contributed by atoms with Gasteiger partial charge in [-0.1, -0.05) is 0 Å². The molecule has 1 aromatic carbocycles. The molecule has 6 nitrogen and oxygen atoms in total. The second-order valence-corrected chi connectivity index (χ2v) is 4.77. The molecule has 0 aliphatic rings. The highest BCUT2D eigenvalue weighted by Gasteiger charge is 2.10. The predicted molar refractivity (Wildman–Crippen MR) is 77.5 cm³/mol. The van der Waals surface area contributed by atoms with Crippen LogP contribution < -0.4 is 10.6 Å². The average Bonchev–Trinajstić information content (AvgIpc) is 2.88. The molecule has 0 spiro atoms. The maximum Gasteiger partial charge on any atom is 0.357 e. The number of hydrogen-bond acceptors (Lipinski definition) is 6. The van der Waals surface area contributed by atoms with Crippen molar-refractivity contribution in [2.45, 2.75) is 6.92 Å². The van der Waals surface area contributed by atoms with Gasteiger partial charge in [0.2, 0.25) is 5.91 Å². The van der Waals surface area contributed by atoms with E-state index in [1.807, 2.05) is 12.1 Å². The van der Waals surface area contributed by atoms with E-state index in [1.54, 1.807) is 17.5 Å². The number of anilines is 3. The molecule has 0 unspecified atom stereocenters. The smallest absolute Gasteiger partial charge is 0.357 e. The van der Waals surface area contributed by atoms with Crippen molar-refractivity contribution in [2.75, 3.05) is 17.7 Å². The van der Waals surface area contributed by atoms with Gasteiger partial charge in [-0.3, -0.25) is 4.79 Å². The number of nitrogens with zero attached hydrogens (tertiary/aromatic N) is 1. The summed E-state index contributed by atoms with van der Waals surface area (Å²) in [6.45, 7) is 1.45. The van der Waals surface area contributed by atoms with Crippen molar-refractivity contribution in [3.05, 3.63) is 35.3 Å². The van der Waals surface area contributed by atoms with Crippen LogP contribution in [-0.4, -0.2) is 24.0 Å². The van der Waals surface area contributed by atoms with Crippen molar-refractivity contribution in [3.63, 3.8) is 0 Å². The lowest BCUT2D eigenvalue weighted by Crippen LogP contribution is -2.05. The van der Waals surface area contributed by atoms with Crippen molar-refractivity contribution >= 4 is 39.7 Å². The number of ether oxygens (including phenoxy) is 1. The quantitative estimate of drug-likeness (QED) is 0.846. The summed E-state index contributed by atoms with van der Waals surface area (Å²) < 4.78 is 4.59. The molecule has 0 fully saturated rings. The number of aromatic nitrogens is 1. The van der Waals surface area contributed by atoms with Crippen molar-refractivity contribution < 1.29 is 14.3 Å². The Bertz CT molecular complexity index is 622. The summed E-state index contributed by atoms with van der Waals surface area (Å²) >= 11 is 1.31. The number of amides is 1. The van der Waals surface area contributed by atoms with E-state index < -0.39 is 5.97 Å². The molecule has 0 aliphatic heterocycles. The van der Waals surface area contributed by atoms with Gasteiger partial charge in [0.1, 0.15) is 0 Å². The molecule has 1 amide bonds. The van der Waals surface area contributed by atoms with Gasteiger partial charge in [-0.25, -0.2) is 9.78 Å². The second kappa shape index (κ2) is 6.16. The van der Waals surface area contributed by atoms with Gasteiger partial charge in [-0.2, -0.15) is 0 Å². The van der Waals surface area contributed by atoms with Crippen molar-refractivity contribution in [1.82, 2.24) is 4.98 Å². The first-order valence-corrected chi connectivity index (χ1v) is 6.65.